The van der Waals surface area contributed by atoms with Crippen LogP contribution < -0.4 is 11.3 Å². The molecule has 2 heterocycles. The second-order valence-corrected chi connectivity index (χ2v) is 4.83. The summed E-state index contributed by atoms with van der Waals surface area (Å²) in [5.74, 6) is 5.69. The summed E-state index contributed by atoms with van der Waals surface area (Å²) in [5.41, 5.74) is 4.73. The van der Waals surface area contributed by atoms with E-state index in [1.807, 2.05) is 16.8 Å². The van der Waals surface area contributed by atoms with E-state index in [1.165, 1.54) is 0 Å². The van der Waals surface area contributed by atoms with Crippen molar-refractivity contribution in [3.05, 3.63) is 46.5 Å². The van der Waals surface area contributed by atoms with Gasteiger partial charge >= 0.3 is 0 Å². The van der Waals surface area contributed by atoms with Gasteiger partial charge < -0.3 is 4.74 Å². The van der Waals surface area contributed by atoms with E-state index < -0.39 is 0 Å². The number of rotatable bonds is 6. The Morgan fingerprint density at radius 2 is 2.37 bits per heavy atom. The van der Waals surface area contributed by atoms with Crippen LogP contribution in [-0.2, 0) is 11.3 Å². The van der Waals surface area contributed by atoms with Crippen molar-refractivity contribution in [2.75, 3.05) is 13.7 Å². The molecule has 2 aromatic rings. The molecule has 0 saturated heterocycles. The first-order valence-corrected chi connectivity index (χ1v) is 6.63. The third-order valence-corrected chi connectivity index (χ3v) is 3.41. The average molecular weight is 326 g/mol. The summed E-state index contributed by atoms with van der Waals surface area (Å²) < 4.78 is 7.85. The minimum Gasteiger partial charge on any atom is -0.383 e. The molecule has 0 spiro atoms. The largest absolute Gasteiger partial charge is 0.383 e. The van der Waals surface area contributed by atoms with Crippen molar-refractivity contribution in [3.8, 4) is 0 Å². The van der Waals surface area contributed by atoms with E-state index in [0.29, 0.717) is 13.2 Å². The zero-order chi connectivity index (χ0) is 13.7. The Kier molecular flexibility index (Phi) is 5.03. The number of pyridine rings is 1. The molecule has 0 aliphatic rings. The molecule has 0 radical (unpaired) electrons. The number of halogens is 1. The molecular formula is C12H16BrN5O. The first-order valence-electron chi connectivity index (χ1n) is 5.84. The highest BCUT2D eigenvalue weighted by molar-refractivity contribution is 9.10. The van der Waals surface area contributed by atoms with Crippen molar-refractivity contribution in [1.29, 1.82) is 0 Å². The molecule has 0 aliphatic heterocycles. The van der Waals surface area contributed by atoms with Crippen LogP contribution in [0.5, 0.6) is 0 Å². The predicted octanol–water partition coefficient (Wildman–Crippen LogP) is 1.24. The van der Waals surface area contributed by atoms with Crippen LogP contribution in [0.2, 0.25) is 0 Å². The number of methoxy groups -OCH3 is 1. The van der Waals surface area contributed by atoms with Gasteiger partial charge in [0.2, 0.25) is 0 Å². The van der Waals surface area contributed by atoms with E-state index in [0.717, 1.165) is 15.7 Å². The molecule has 0 aliphatic carbocycles. The smallest absolute Gasteiger partial charge is 0.0904 e. The van der Waals surface area contributed by atoms with Crippen LogP contribution >= 0.6 is 15.9 Å². The highest BCUT2D eigenvalue weighted by atomic mass is 79.9. The zero-order valence-electron chi connectivity index (χ0n) is 10.6. The normalized spacial score (nSPS) is 12.6. The average Bonchev–Trinajstić information content (AvgIpc) is 2.80. The fraction of sp³-hybridized carbons (Fsp3) is 0.333. The number of nitrogens with two attached hydrogens (primary N) is 1. The molecule has 0 fully saturated rings. The van der Waals surface area contributed by atoms with E-state index in [9.17, 15) is 0 Å². The van der Waals surface area contributed by atoms with E-state index in [4.69, 9.17) is 10.6 Å². The molecule has 0 aromatic carbocycles. The summed E-state index contributed by atoms with van der Waals surface area (Å²) in [6.45, 7) is 1.25. The standard InChI is InChI=1S/C12H16BrN5O/c1-19-6-5-18-12(10(13)8-16-18)11(17-14)9-3-2-4-15-7-9/h2-4,7-8,11,17H,5-6,14H2,1H3. The van der Waals surface area contributed by atoms with Crippen LogP contribution in [0.15, 0.2) is 35.2 Å². The Morgan fingerprint density at radius 1 is 1.53 bits per heavy atom. The fourth-order valence-electron chi connectivity index (χ4n) is 1.89. The predicted molar refractivity (Wildman–Crippen MR) is 75.2 cm³/mol. The summed E-state index contributed by atoms with van der Waals surface area (Å²) >= 11 is 3.51. The van der Waals surface area contributed by atoms with Crippen LogP contribution in [0.4, 0.5) is 0 Å². The maximum atomic E-state index is 5.69. The molecule has 2 rings (SSSR count). The van der Waals surface area contributed by atoms with Gasteiger partial charge in [-0.2, -0.15) is 5.10 Å². The molecule has 0 bridgehead atoms. The van der Waals surface area contributed by atoms with Gasteiger partial charge in [0.25, 0.3) is 0 Å². The minimum absolute atomic E-state index is 0.178. The second kappa shape index (κ2) is 6.76. The summed E-state index contributed by atoms with van der Waals surface area (Å²) in [5, 5.41) is 4.32. The Bertz CT molecular complexity index is 516. The lowest BCUT2D eigenvalue weighted by molar-refractivity contribution is 0.182. The van der Waals surface area contributed by atoms with Gasteiger partial charge in [0.05, 0.1) is 35.6 Å². The Morgan fingerprint density at radius 3 is 3.00 bits per heavy atom. The topological polar surface area (TPSA) is 78.0 Å². The van der Waals surface area contributed by atoms with Crippen LogP contribution in [0.25, 0.3) is 0 Å². The maximum absolute atomic E-state index is 5.69. The first-order chi connectivity index (χ1) is 9.27. The number of hydrazine groups is 1. The molecule has 0 amide bonds. The molecule has 102 valence electrons. The molecule has 0 saturated carbocycles. The van der Waals surface area contributed by atoms with Gasteiger partial charge in [-0.15, -0.1) is 0 Å². The van der Waals surface area contributed by atoms with Crippen molar-refractivity contribution in [1.82, 2.24) is 20.2 Å². The number of nitrogens with zero attached hydrogens (tertiary/aromatic N) is 3. The van der Waals surface area contributed by atoms with Crippen LogP contribution in [0.3, 0.4) is 0 Å². The van der Waals surface area contributed by atoms with Crippen LogP contribution in [-0.4, -0.2) is 28.5 Å². The van der Waals surface area contributed by atoms with Gasteiger partial charge in [0.1, 0.15) is 0 Å². The summed E-state index contributed by atoms with van der Waals surface area (Å²) in [7, 11) is 1.66. The molecule has 2 aromatic heterocycles. The molecule has 1 atom stereocenters. The Hall–Kier alpha value is -1.28. The summed E-state index contributed by atoms with van der Waals surface area (Å²) in [6.07, 6.45) is 5.27. The summed E-state index contributed by atoms with van der Waals surface area (Å²) in [6, 6.07) is 3.67. The molecular weight excluding hydrogens is 310 g/mol. The number of hydrogen-bond acceptors (Lipinski definition) is 5. The van der Waals surface area contributed by atoms with Crippen molar-refractivity contribution >= 4 is 15.9 Å². The van der Waals surface area contributed by atoms with Crippen molar-refractivity contribution < 1.29 is 4.74 Å². The Labute approximate surface area is 120 Å². The lowest BCUT2D eigenvalue weighted by atomic mass is 10.1. The van der Waals surface area contributed by atoms with Gasteiger partial charge in [0, 0.05) is 19.5 Å². The zero-order valence-corrected chi connectivity index (χ0v) is 12.2. The van der Waals surface area contributed by atoms with E-state index in [2.05, 4.69) is 31.4 Å². The van der Waals surface area contributed by atoms with Crippen molar-refractivity contribution in [2.24, 2.45) is 5.84 Å². The Balaban J connectivity index is 2.35. The number of ether oxygens (including phenoxy) is 1. The summed E-state index contributed by atoms with van der Waals surface area (Å²) in [4.78, 5) is 4.12. The highest BCUT2D eigenvalue weighted by Crippen LogP contribution is 2.27. The molecule has 1 unspecified atom stereocenters. The van der Waals surface area contributed by atoms with E-state index in [1.54, 1.807) is 25.7 Å². The molecule has 6 nitrogen and oxygen atoms in total. The van der Waals surface area contributed by atoms with Gasteiger partial charge in [0.15, 0.2) is 0 Å². The molecule has 19 heavy (non-hydrogen) atoms. The first kappa shape index (κ1) is 14.1. The monoisotopic (exact) mass is 325 g/mol. The van der Waals surface area contributed by atoms with Crippen LogP contribution in [0.1, 0.15) is 17.3 Å². The number of nitrogens with one attached hydrogen (secondary N) is 1. The van der Waals surface area contributed by atoms with Gasteiger partial charge in [-0.05, 0) is 27.6 Å². The minimum atomic E-state index is -0.178. The van der Waals surface area contributed by atoms with Gasteiger partial charge in [-0.1, -0.05) is 6.07 Å². The van der Waals surface area contributed by atoms with Gasteiger partial charge in [-0.3, -0.25) is 15.5 Å². The molecule has 7 heteroatoms. The number of aromatic nitrogens is 3. The molecule has 3 N–H and O–H groups in total. The van der Waals surface area contributed by atoms with Gasteiger partial charge in [-0.25, -0.2) is 5.43 Å². The fourth-order valence-corrected chi connectivity index (χ4v) is 2.42. The third kappa shape index (κ3) is 3.19. The van der Waals surface area contributed by atoms with Crippen molar-refractivity contribution in [3.63, 3.8) is 0 Å². The lowest BCUT2D eigenvalue weighted by Gasteiger charge is -2.18. The lowest BCUT2D eigenvalue weighted by Crippen LogP contribution is -2.31. The third-order valence-electron chi connectivity index (χ3n) is 2.80. The second-order valence-electron chi connectivity index (χ2n) is 3.98. The maximum Gasteiger partial charge on any atom is 0.0904 e. The highest BCUT2D eigenvalue weighted by Gasteiger charge is 2.20. The SMILES string of the molecule is COCCn1ncc(Br)c1C(NN)c1cccnc1. The number of hydrogen-bond donors (Lipinski definition) is 2. The van der Waals surface area contributed by atoms with E-state index in [-0.39, 0.29) is 6.04 Å². The quantitative estimate of drug-likeness (QED) is 0.617. The van der Waals surface area contributed by atoms with Crippen molar-refractivity contribution in [2.45, 2.75) is 12.6 Å². The van der Waals surface area contributed by atoms with E-state index >= 15 is 0 Å². The van der Waals surface area contributed by atoms with Crippen LogP contribution in [0, 0.1) is 0 Å².